The summed E-state index contributed by atoms with van der Waals surface area (Å²) in [7, 11) is -3.69. The number of carboxylic acids is 1. The van der Waals surface area contributed by atoms with Crippen molar-refractivity contribution in [3.63, 3.8) is 0 Å². The van der Waals surface area contributed by atoms with Gasteiger partial charge in [0.15, 0.2) is 0 Å². The Morgan fingerprint density at radius 1 is 1.19 bits per heavy atom. The van der Waals surface area contributed by atoms with Crippen LogP contribution in [-0.4, -0.2) is 46.7 Å². The van der Waals surface area contributed by atoms with Crippen molar-refractivity contribution in [2.75, 3.05) is 13.1 Å². The van der Waals surface area contributed by atoms with E-state index in [4.69, 9.17) is 0 Å². The molecule has 0 aliphatic carbocycles. The number of aryl methyl sites for hydroxylation is 1. The van der Waals surface area contributed by atoms with Gasteiger partial charge in [-0.2, -0.15) is 9.40 Å². The van der Waals surface area contributed by atoms with E-state index in [2.05, 4.69) is 5.10 Å². The van der Waals surface area contributed by atoms with Gasteiger partial charge in [-0.15, -0.1) is 0 Å². The Labute approximate surface area is 180 Å². The second kappa shape index (κ2) is 8.05. The van der Waals surface area contributed by atoms with E-state index in [1.165, 1.54) is 22.5 Å². The summed E-state index contributed by atoms with van der Waals surface area (Å²) in [4.78, 5) is 11.5. The first-order valence-electron chi connectivity index (χ1n) is 10.2. The Morgan fingerprint density at radius 2 is 1.90 bits per heavy atom. The molecule has 2 atom stereocenters. The first-order valence-corrected chi connectivity index (χ1v) is 11.6. The lowest BCUT2D eigenvalue weighted by atomic mass is 10.1. The maximum Gasteiger partial charge on any atom is 0.309 e. The summed E-state index contributed by atoms with van der Waals surface area (Å²) in [6, 6.07) is 10.6. The number of fused-ring (bicyclic) bond motifs is 1. The van der Waals surface area contributed by atoms with Crippen molar-refractivity contribution in [3.05, 3.63) is 59.5 Å². The number of benzene rings is 2. The number of halogens is 1. The Bertz CT molecular complexity index is 1240. The lowest BCUT2D eigenvalue weighted by molar-refractivity contribution is -0.136. The molecule has 0 spiro atoms. The highest BCUT2D eigenvalue weighted by Crippen LogP contribution is 2.34. The summed E-state index contributed by atoms with van der Waals surface area (Å²) in [5.41, 5.74) is 1.87. The lowest BCUT2D eigenvalue weighted by Crippen LogP contribution is -2.29. The molecule has 1 saturated heterocycles. The zero-order chi connectivity index (χ0) is 22.3. The van der Waals surface area contributed by atoms with Crippen LogP contribution in [0.15, 0.2) is 47.4 Å². The SMILES string of the molecule is CCc1ccc(S(=O)(=O)N2C[C@@H](C)[C@@H](n3nc(CC(=O)O)c4ccc(F)cc43)C2)cc1. The zero-order valence-electron chi connectivity index (χ0n) is 17.3. The first-order chi connectivity index (χ1) is 14.7. The molecule has 2 heterocycles. The molecule has 1 N–H and O–H groups in total. The van der Waals surface area contributed by atoms with Crippen LogP contribution in [0.25, 0.3) is 10.9 Å². The van der Waals surface area contributed by atoms with Crippen LogP contribution < -0.4 is 0 Å². The molecule has 4 rings (SSSR count). The van der Waals surface area contributed by atoms with E-state index in [9.17, 15) is 22.7 Å². The molecule has 31 heavy (non-hydrogen) atoms. The van der Waals surface area contributed by atoms with Gasteiger partial charge in [-0.1, -0.05) is 26.0 Å². The van der Waals surface area contributed by atoms with Crippen molar-refractivity contribution >= 4 is 26.9 Å². The van der Waals surface area contributed by atoms with Gasteiger partial charge in [0.25, 0.3) is 0 Å². The Balaban J connectivity index is 1.69. The second-order valence-corrected chi connectivity index (χ2v) is 9.93. The topological polar surface area (TPSA) is 92.5 Å². The Hall–Kier alpha value is -2.78. The molecule has 1 fully saturated rings. The number of aromatic nitrogens is 2. The molecule has 0 radical (unpaired) electrons. The highest BCUT2D eigenvalue weighted by Gasteiger charge is 2.39. The monoisotopic (exact) mass is 445 g/mol. The average molecular weight is 446 g/mol. The van der Waals surface area contributed by atoms with Gasteiger partial charge in [-0.3, -0.25) is 9.48 Å². The second-order valence-electron chi connectivity index (χ2n) is 7.99. The van der Waals surface area contributed by atoms with E-state index < -0.39 is 21.8 Å². The van der Waals surface area contributed by atoms with E-state index in [1.807, 2.05) is 26.0 Å². The molecule has 9 heteroatoms. The van der Waals surface area contributed by atoms with Gasteiger partial charge in [0.05, 0.1) is 28.6 Å². The quantitative estimate of drug-likeness (QED) is 0.629. The largest absolute Gasteiger partial charge is 0.481 e. The molecular weight excluding hydrogens is 421 g/mol. The highest BCUT2D eigenvalue weighted by atomic mass is 32.2. The number of rotatable bonds is 6. The van der Waals surface area contributed by atoms with Gasteiger partial charge in [-0.05, 0) is 48.2 Å². The number of carbonyl (C=O) groups is 1. The maximum absolute atomic E-state index is 14.0. The molecule has 1 aliphatic rings. The van der Waals surface area contributed by atoms with Crippen LogP contribution in [0.1, 0.15) is 31.1 Å². The third-order valence-electron chi connectivity index (χ3n) is 5.89. The molecule has 0 saturated carbocycles. The Morgan fingerprint density at radius 3 is 2.55 bits per heavy atom. The fraction of sp³-hybridized carbons (Fsp3) is 0.364. The standard InChI is InChI=1S/C22H24FN3O4S/c1-3-15-4-7-17(8-5-15)31(29,30)25-12-14(2)21(13-25)26-20-10-16(23)6-9-18(20)19(24-26)11-22(27)28/h4-10,14,21H,3,11-13H2,1-2H3,(H,27,28)/t14-,21+/m1/s1. The third-order valence-corrected chi connectivity index (χ3v) is 7.73. The van der Waals surface area contributed by atoms with E-state index in [1.54, 1.807) is 16.8 Å². The number of hydrogen-bond acceptors (Lipinski definition) is 4. The summed E-state index contributed by atoms with van der Waals surface area (Å²) >= 11 is 0. The predicted octanol–water partition coefficient (Wildman–Crippen LogP) is 3.25. The van der Waals surface area contributed by atoms with Crippen LogP contribution in [0, 0.1) is 11.7 Å². The fourth-order valence-electron chi connectivity index (χ4n) is 4.17. The summed E-state index contributed by atoms with van der Waals surface area (Å²) in [5, 5.41) is 14.2. The molecule has 1 aromatic heterocycles. The lowest BCUT2D eigenvalue weighted by Gasteiger charge is -2.18. The number of carboxylic acid groups (broad SMARTS) is 1. The molecule has 164 valence electrons. The van der Waals surface area contributed by atoms with Crippen molar-refractivity contribution in [2.45, 2.75) is 37.6 Å². The van der Waals surface area contributed by atoms with Crippen LogP contribution in [0.5, 0.6) is 0 Å². The number of sulfonamides is 1. The highest BCUT2D eigenvalue weighted by molar-refractivity contribution is 7.89. The van der Waals surface area contributed by atoms with E-state index in [0.29, 0.717) is 23.1 Å². The van der Waals surface area contributed by atoms with Gasteiger partial charge < -0.3 is 5.11 Å². The van der Waals surface area contributed by atoms with Gasteiger partial charge >= 0.3 is 5.97 Å². The molecule has 0 bridgehead atoms. The minimum atomic E-state index is -3.69. The third kappa shape index (κ3) is 3.95. The number of nitrogens with zero attached hydrogens (tertiary/aromatic N) is 3. The van der Waals surface area contributed by atoms with Gasteiger partial charge in [-0.25, -0.2) is 12.8 Å². The number of aliphatic carboxylic acids is 1. The normalized spacial score (nSPS) is 19.8. The van der Waals surface area contributed by atoms with Crippen LogP contribution in [0.2, 0.25) is 0 Å². The van der Waals surface area contributed by atoms with Crippen molar-refractivity contribution in [3.8, 4) is 0 Å². The van der Waals surface area contributed by atoms with Crippen LogP contribution in [0.4, 0.5) is 4.39 Å². The molecule has 2 aromatic carbocycles. The predicted molar refractivity (Wildman–Crippen MR) is 114 cm³/mol. The van der Waals surface area contributed by atoms with E-state index in [-0.39, 0.29) is 29.8 Å². The molecule has 7 nitrogen and oxygen atoms in total. The summed E-state index contributed by atoms with van der Waals surface area (Å²) in [5.74, 6) is -1.58. The molecule has 1 aliphatic heterocycles. The van der Waals surface area contributed by atoms with Crippen LogP contribution >= 0.6 is 0 Å². The zero-order valence-corrected chi connectivity index (χ0v) is 18.1. The van der Waals surface area contributed by atoms with Crippen molar-refractivity contribution in [1.82, 2.24) is 14.1 Å². The first kappa shape index (κ1) is 21.5. The molecule has 0 amide bonds. The van der Waals surface area contributed by atoms with Gasteiger partial charge in [0.2, 0.25) is 10.0 Å². The molecular formula is C22H24FN3O4S. The van der Waals surface area contributed by atoms with Crippen molar-refractivity contribution < 1.29 is 22.7 Å². The maximum atomic E-state index is 14.0. The molecule has 3 aromatic rings. The van der Waals surface area contributed by atoms with Crippen molar-refractivity contribution in [1.29, 1.82) is 0 Å². The average Bonchev–Trinajstić information content (AvgIpc) is 3.28. The molecule has 0 unspecified atom stereocenters. The minimum absolute atomic E-state index is 0.0891. The van der Waals surface area contributed by atoms with Gasteiger partial charge in [0, 0.05) is 18.5 Å². The number of hydrogen-bond donors (Lipinski definition) is 1. The van der Waals surface area contributed by atoms with E-state index >= 15 is 0 Å². The summed E-state index contributed by atoms with van der Waals surface area (Å²) < 4.78 is 43.3. The Kier molecular flexibility index (Phi) is 5.57. The van der Waals surface area contributed by atoms with Crippen LogP contribution in [0.3, 0.4) is 0 Å². The van der Waals surface area contributed by atoms with Crippen LogP contribution in [-0.2, 0) is 27.7 Å². The fourth-order valence-corrected chi connectivity index (χ4v) is 5.73. The smallest absolute Gasteiger partial charge is 0.309 e. The van der Waals surface area contributed by atoms with Crippen molar-refractivity contribution in [2.24, 2.45) is 5.92 Å². The summed E-state index contributed by atoms with van der Waals surface area (Å²) in [6.07, 6.45) is 0.535. The van der Waals surface area contributed by atoms with E-state index in [0.717, 1.165) is 12.0 Å². The van der Waals surface area contributed by atoms with Gasteiger partial charge in [0.1, 0.15) is 5.82 Å². The minimum Gasteiger partial charge on any atom is -0.481 e. The summed E-state index contributed by atoms with van der Waals surface area (Å²) in [6.45, 7) is 4.41.